The van der Waals surface area contributed by atoms with Crippen LogP contribution in [0, 0.1) is 6.92 Å². The summed E-state index contributed by atoms with van der Waals surface area (Å²) in [6, 6.07) is 12.8. The topological polar surface area (TPSA) is 72.0 Å². The molecule has 0 radical (unpaired) electrons. The summed E-state index contributed by atoms with van der Waals surface area (Å²) in [6.07, 6.45) is 1.56. The van der Waals surface area contributed by atoms with E-state index in [1.54, 1.807) is 39.5 Å². The second kappa shape index (κ2) is 8.73. The van der Waals surface area contributed by atoms with Crippen LogP contribution in [0.1, 0.15) is 18.1 Å². The van der Waals surface area contributed by atoms with Crippen molar-refractivity contribution in [1.82, 2.24) is 5.43 Å². The number of hydrogen-bond donors (Lipinski definition) is 2. The van der Waals surface area contributed by atoms with E-state index >= 15 is 0 Å². The van der Waals surface area contributed by atoms with E-state index in [1.807, 2.05) is 37.3 Å². The zero-order chi connectivity index (χ0) is 18.2. The van der Waals surface area contributed by atoms with Crippen molar-refractivity contribution in [2.24, 2.45) is 5.10 Å². The Morgan fingerprint density at radius 2 is 1.84 bits per heavy atom. The fourth-order valence-electron chi connectivity index (χ4n) is 2.23. The van der Waals surface area contributed by atoms with Crippen LogP contribution >= 0.6 is 0 Å². The number of hydrazone groups is 1. The van der Waals surface area contributed by atoms with Crippen molar-refractivity contribution >= 4 is 17.8 Å². The Bertz CT molecular complexity index is 759. The molecule has 1 atom stereocenters. The molecule has 6 nitrogen and oxygen atoms in total. The third-order valence-electron chi connectivity index (χ3n) is 3.71. The summed E-state index contributed by atoms with van der Waals surface area (Å²) in [7, 11) is 3.15. The number of anilines is 1. The third-order valence-corrected chi connectivity index (χ3v) is 3.71. The fraction of sp³-hybridized carbons (Fsp3) is 0.263. The molecule has 0 saturated carbocycles. The maximum atomic E-state index is 12.1. The van der Waals surface area contributed by atoms with Gasteiger partial charge in [-0.25, -0.2) is 5.43 Å². The molecule has 0 bridgehead atoms. The Hall–Kier alpha value is -3.02. The maximum absolute atomic E-state index is 12.1. The van der Waals surface area contributed by atoms with Gasteiger partial charge in [-0.1, -0.05) is 18.2 Å². The first-order chi connectivity index (χ1) is 12.0. The molecule has 1 amide bonds. The molecule has 2 rings (SSSR count). The molecule has 2 aromatic carbocycles. The van der Waals surface area contributed by atoms with Gasteiger partial charge < -0.3 is 14.8 Å². The fourth-order valence-corrected chi connectivity index (χ4v) is 2.23. The lowest BCUT2D eigenvalue weighted by molar-refractivity contribution is -0.121. The summed E-state index contributed by atoms with van der Waals surface area (Å²) in [4.78, 5) is 12.1. The van der Waals surface area contributed by atoms with Crippen molar-refractivity contribution in [3.63, 3.8) is 0 Å². The largest absolute Gasteiger partial charge is 0.493 e. The first-order valence-corrected chi connectivity index (χ1v) is 7.92. The third kappa shape index (κ3) is 4.97. The normalized spacial score (nSPS) is 11.8. The number of carbonyl (C=O) groups is 1. The van der Waals surface area contributed by atoms with E-state index < -0.39 is 6.04 Å². The highest BCUT2D eigenvalue weighted by Crippen LogP contribution is 2.26. The van der Waals surface area contributed by atoms with Gasteiger partial charge in [0, 0.05) is 5.69 Å². The van der Waals surface area contributed by atoms with Crippen molar-refractivity contribution in [2.45, 2.75) is 19.9 Å². The minimum absolute atomic E-state index is 0.222. The zero-order valence-corrected chi connectivity index (χ0v) is 14.9. The van der Waals surface area contributed by atoms with Crippen LogP contribution in [0.25, 0.3) is 0 Å². The van der Waals surface area contributed by atoms with Gasteiger partial charge in [-0.15, -0.1) is 0 Å². The summed E-state index contributed by atoms with van der Waals surface area (Å²) in [5.41, 5.74) is 5.33. The number of nitrogens with one attached hydrogen (secondary N) is 2. The second-order valence-electron chi connectivity index (χ2n) is 5.53. The van der Waals surface area contributed by atoms with Gasteiger partial charge in [0.05, 0.1) is 20.4 Å². The average molecular weight is 341 g/mol. The molecule has 2 aromatic rings. The first-order valence-electron chi connectivity index (χ1n) is 7.92. The number of hydrogen-bond acceptors (Lipinski definition) is 5. The van der Waals surface area contributed by atoms with Crippen LogP contribution in [0.4, 0.5) is 5.69 Å². The Morgan fingerprint density at radius 1 is 1.12 bits per heavy atom. The molecule has 132 valence electrons. The molecule has 0 aliphatic rings. The second-order valence-corrected chi connectivity index (χ2v) is 5.53. The Kier molecular flexibility index (Phi) is 6.39. The number of carbonyl (C=O) groups excluding carboxylic acids is 1. The monoisotopic (exact) mass is 341 g/mol. The number of aryl methyl sites for hydroxylation is 1. The predicted octanol–water partition coefficient (Wildman–Crippen LogP) is 2.96. The maximum Gasteiger partial charge on any atom is 0.262 e. The number of nitrogens with zero attached hydrogens (tertiary/aromatic N) is 1. The molecule has 6 heteroatoms. The lowest BCUT2D eigenvalue weighted by Crippen LogP contribution is -2.35. The van der Waals surface area contributed by atoms with Crippen LogP contribution in [0.5, 0.6) is 11.5 Å². The molecule has 0 saturated heterocycles. The number of ether oxygens (including phenoxy) is 2. The Labute approximate surface area is 147 Å². The summed E-state index contributed by atoms with van der Waals surface area (Å²) < 4.78 is 10.4. The van der Waals surface area contributed by atoms with Gasteiger partial charge in [0.25, 0.3) is 5.91 Å². The van der Waals surface area contributed by atoms with Crippen molar-refractivity contribution in [2.75, 3.05) is 19.5 Å². The predicted molar refractivity (Wildman–Crippen MR) is 99.5 cm³/mol. The van der Waals surface area contributed by atoms with Gasteiger partial charge in [-0.05, 0) is 49.2 Å². The molecule has 0 aliphatic carbocycles. The molecule has 0 aromatic heterocycles. The molecule has 2 N–H and O–H groups in total. The zero-order valence-electron chi connectivity index (χ0n) is 14.9. The summed E-state index contributed by atoms with van der Waals surface area (Å²) in [5.74, 6) is 1.02. The van der Waals surface area contributed by atoms with E-state index in [-0.39, 0.29) is 5.91 Å². The average Bonchev–Trinajstić information content (AvgIpc) is 2.63. The van der Waals surface area contributed by atoms with E-state index in [2.05, 4.69) is 15.8 Å². The quantitative estimate of drug-likeness (QED) is 0.600. The standard InChI is InChI=1S/C19H23N3O3/c1-13-7-5-6-8-16(13)21-14(2)19(23)22-20-12-15-9-10-17(24-3)18(11-15)25-4/h5-12,14,21H,1-4H3,(H,22,23)/b20-12-/t14-/m1/s1. The molecule has 25 heavy (non-hydrogen) atoms. The summed E-state index contributed by atoms with van der Waals surface area (Å²) in [5, 5.41) is 7.17. The van der Waals surface area contributed by atoms with Gasteiger partial charge in [-0.2, -0.15) is 5.10 Å². The van der Waals surface area contributed by atoms with E-state index in [0.717, 1.165) is 16.8 Å². The van der Waals surface area contributed by atoms with Crippen LogP contribution in [-0.2, 0) is 4.79 Å². The van der Waals surface area contributed by atoms with Crippen molar-refractivity contribution in [3.8, 4) is 11.5 Å². The molecule has 0 fully saturated rings. The lowest BCUT2D eigenvalue weighted by atomic mass is 10.2. The van der Waals surface area contributed by atoms with Crippen LogP contribution in [-0.4, -0.2) is 32.4 Å². The van der Waals surface area contributed by atoms with Gasteiger partial charge in [0.15, 0.2) is 11.5 Å². The van der Waals surface area contributed by atoms with Crippen LogP contribution in [0.3, 0.4) is 0 Å². The molecule has 0 heterocycles. The van der Waals surface area contributed by atoms with Crippen molar-refractivity contribution in [1.29, 1.82) is 0 Å². The van der Waals surface area contributed by atoms with Gasteiger partial charge in [0.1, 0.15) is 6.04 Å². The summed E-state index contributed by atoms with van der Waals surface area (Å²) in [6.45, 7) is 3.77. The SMILES string of the molecule is COc1ccc(/C=N\NC(=O)[C@@H](C)Nc2ccccc2C)cc1OC. The van der Waals surface area contributed by atoms with E-state index in [1.165, 1.54) is 0 Å². The van der Waals surface area contributed by atoms with Crippen molar-refractivity contribution in [3.05, 3.63) is 53.6 Å². The highest BCUT2D eigenvalue weighted by atomic mass is 16.5. The van der Waals surface area contributed by atoms with Crippen LogP contribution in [0.2, 0.25) is 0 Å². The van der Waals surface area contributed by atoms with Crippen molar-refractivity contribution < 1.29 is 14.3 Å². The van der Waals surface area contributed by atoms with E-state index in [9.17, 15) is 4.79 Å². The number of benzene rings is 2. The Morgan fingerprint density at radius 3 is 2.52 bits per heavy atom. The molecule has 0 unspecified atom stereocenters. The van der Waals surface area contributed by atoms with Gasteiger partial charge in [-0.3, -0.25) is 4.79 Å². The van der Waals surface area contributed by atoms with Gasteiger partial charge in [0.2, 0.25) is 0 Å². The minimum atomic E-state index is -0.413. The highest BCUT2D eigenvalue weighted by molar-refractivity contribution is 5.86. The lowest BCUT2D eigenvalue weighted by Gasteiger charge is -2.15. The number of methoxy groups -OCH3 is 2. The molecular weight excluding hydrogens is 318 g/mol. The van der Waals surface area contributed by atoms with E-state index in [0.29, 0.717) is 11.5 Å². The Balaban J connectivity index is 1.95. The summed E-state index contributed by atoms with van der Waals surface area (Å²) >= 11 is 0. The van der Waals surface area contributed by atoms with Gasteiger partial charge >= 0.3 is 0 Å². The molecular formula is C19H23N3O3. The van der Waals surface area contributed by atoms with Crippen LogP contribution < -0.4 is 20.2 Å². The smallest absolute Gasteiger partial charge is 0.262 e. The molecule has 0 spiro atoms. The molecule has 0 aliphatic heterocycles. The number of para-hydroxylation sites is 1. The number of rotatable bonds is 7. The van der Waals surface area contributed by atoms with Crippen LogP contribution in [0.15, 0.2) is 47.6 Å². The number of amides is 1. The highest BCUT2D eigenvalue weighted by Gasteiger charge is 2.12. The first kappa shape index (κ1) is 18.3. The minimum Gasteiger partial charge on any atom is -0.493 e. The van der Waals surface area contributed by atoms with E-state index in [4.69, 9.17) is 9.47 Å².